The summed E-state index contributed by atoms with van der Waals surface area (Å²) in [5, 5.41) is 20.6. The Morgan fingerprint density at radius 2 is 1.42 bits per heavy atom. The first-order valence-electron chi connectivity index (χ1n) is 13.3. The van der Waals surface area contributed by atoms with Gasteiger partial charge in [-0.25, -0.2) is 13.6 Å². The Morgan fingerprint density at radius 1 is 0.767 bits per heavy atom. The number of nitrogens with one attached hydrogen (secondary N) is 2. The molecule has 1 aromatic heterocycles. The standard InChI is InChI=1S/C34H23F2N3O3S/c35-26-14-24(15-27(36)18-26)25-16-29(32(40)37-19-20-6-8-23(9-7-20)34(41)42)31-30(17-25)38-39-33(31)43-28-12-10-22(11-13-28)21-4-2-1-3-5-21/h1-18H,19H2,(H,37,40)(H,38,39)(H,41,42). The van der Waals surface area contributed by atoms with Crippen LogP contribution in [0.2, 0.25) is 0 Å². The third-order valence-electron chi connectivity index (χ3n) is 6.90. The topological polar surface area (TPSA) is 95.1 Å². The van der Waals surface area contributed by atoms with Crippen LogP contribution in [0.1, 0.15) is 26.3 Å². The molecule has 1 heterocycles. The van der Waals surface area contributed by atoms with Crippen molar-refractivity contribution >= 4 is 34.5 Å². The van der Waals surface area contributed by atoms with Gasteiger partial charge >= 0.3 is 5.97 Å². The van der Waals surface area contributed by atoms with Gasteiger partial charge in [-0.1, -0.05) is 66.4 Å². The SMILES string of the molecule is O=C(O)c1ccc(CNC(=O)c2cc(-c3cc(F)cc(F)c3)cc3[nH]nc(Sc4ccc(-c5ccccc5)cc4)c23)cc1. The summed E-state index contributed by atoms with van der Waals surface area (Å²) in [4.78, 5) is 25.7. The molecular formula is C34H23F2N3O3S. The number of carboxylic acid groups (broad SMARTS) is 1. The number of aromatic amines is 1. The van der Waals surface area contributed by atoms with Gasteiger partial charge in [-0.3, -0.25) is 9.89 Å². The Labute approximate surface area is 249 Å². The van der Waals surface area contributed by atoms with Crippen molar-refractivity contribution < 1.29 is 23.5 Å². The lowest BCUT2D eigenvalue weighted by Crippen LogP contribution is -2.23. The summed E-state index contributed by atoms with van der Waals surface area (Å²) in [5.41, 5.74) is 4.54. The zero-order valence-electron chi connectivity index (χ0n) is 22.5. The Hall–Kier alpha value is -5.28. The van der Waals surface area contributed by atoms with E-state index in [9.17, 15) is 18.4 Å². The smallest absolute Gasteiger partial charge is 0.335 e. The number of hydrogen-bond donors (Lipinski definition) is 3. The third-order valence-corrected chi connectivity index (χ3v) is 7.90. The fourth-order valence-corrected chi connectivity index (χ4v) is 5.68. The number of carbonyl (C=O) groups excluding carboxylic acids is 1. The summed E-state index contributed by atoms with van der Waals surface area (Å²) >= 11 is 1.39. The molecule has 0 radical (unpaired) electrons. The van der Waals surface area contributed by atoms with Crippen molar-refractivity contribution in [2.24, 2.45) is 0 Å². The van der Waals surface area contributed by atoms with Gasteiger partial charge in [-0.2, -0.15) is 5.10 Å². The molecule has 0 unspecified atom stereocenters. The van der Waals surface area contributed by atoms with Gasteiger partial charge in [0, 0.05) is 22.9 Å². The second-order valence-corrected chi connectivity index (χ2v) is 10.9. The monoisotopic (exact) mass is 591 g/mol. The lowest BCUT2D eigenvalue weighted by molar-refractivity contribution is 0.0696. The van der Waals surface area contributed by atoms with Crippen molar-refractivity contribution in [1.29, 1.82) is 0 Å². The molecule has 3 N–H and O–H groups in total. The van der Waals surface area contributed by atoms with Gasteiger partial charge in [0.1, 0.15) is 16.7 Å². The molecule has 6 nitrogen and oxygen atoms in total. The number of benzene rings is 5. The third kappa shape index (κ3) is 6.17. The zero-order valence-corrected chi connectivity index (χ0v) is 23.3. The van der Waals surface area contributed by atoms with Crippen molar-refractivity contribution in [2.45, 2.75) is 16.5 Å². The van der Waals surface area contributed by atoms with E-state index in [4.69, 9.17) is 5.11 Å². The van der Waals surface area contributed by atoms with Crippen LogP contribution in [0.25, 0.3) is 33.2 Å². The fourth-order valence-electron chi connectivity index (χ4n) is 4.77. The maximum Gasteiger partial charge on any atom is 0.335 e. The van der Waals surface area contributed by atoms with Crippen molar-refractivity contribution in [2.75, 3.05) is 0 Å². The van der Waals surface area contributed by atoms with Gasteiger partial charge in [-0.15, -0.1) is 0 Å². The predicted molar refractivity (Wildman–Crippen MR) is 162 cm³/mol. The number of aromatic nitrogens is 2. The van der Waals surface area contributed by atoms with Crippen LogP contribution in [0.5, 0.6) is 0 Å². The Bertz CT molecular complexity index is 1940. The van der Waals surface area contributed by atoms with Gasteiger partial charge in [0.25, 0.3) is 5.91 Å². The molecule has 0 aliphatic heterocycles. The van der Waals surface area contributed by atoms with E-state index in [0.717, 1.165) is 22.1 Å². The molecule has 5 aromatic carbocycles. The summed E-state index contributed by atoms with van der Waals surface area (Å²) < 4.78 is 28.2. The normalized spacial score (nSPS) is 11.0. The Balaban J connectivity index is 1.35. The first-order chi connectivity index (χ1) is 20.8. The van der Waals surface area contributed by atoms with Crippen LogP contribution in [0.15, 0.2) is 119 Å². The van der Waals surface area contributed by atoms with E-state index in [2.05, 4.69) is 15.5 Å². The van der Waals surface area contributed by atoms with Crippen LogP contribution in [-0.2, 0) is 6.54 Å². The number of aromatic carboxylic acids is 1. The minimum Gasteiger partial charge on any atom is -0.478 e. The number of rotatable bonds is 8. The molecule has 0 spiro atoms. The molecule has 43 heavy (non-hydrogen) atoms. The van der Waals surface area contributed by atoms with Crippen LogP contribution in [-0.4, -0.2) is 27.2 Å². The summed E-state index contributed by atoms with van der Waals surface area (Å²) in [5.74, 6) is -2.92. The molecule has 0 aliphatic rings. The highest BCUT2D eigenvalue weighted by atomic mass is 32.2. The predicted octanol–water partition coefficient (Wildman–Crippen LogP) is 7.95. The van der Waals surface area contributed by atoms with Crippen LogP contribution < -0.4 is 5.32 Å². The quantitative estimate of drug-likeness (QED) is 0.167. The van der Waals surface area contributed by atoms with Crippen LogP contribution in [0.4, 0.5) is 8.78 Å². The van der Waals surface area contributed by atoms with Gasteiger partial charge in [0.2, 0.25) is 0 Å². The van der Waals surface area contributed by atoms with E-state index in [1.165, 1.54) is 36.0 Å². The largest absolute Gasteiger partial charge is 0.478 e. The molecule has 0 bridgehead atoms. The number of fused-ring (bicyclic) bond motifs is 1. The average molecular weight is 592 g/mol. The second kappa shape index (κ2) is 11.9. The van der Waals surface area contributed by atoms with Gasteiger partial charge in [0.15, 0.2) is 0 Å². The number of amides is 1. The molecule has 0 saturated heterocycles. The molecule has 0 atom stereocenters. The highest BCUT2D eigenvalue weighted by Gasteiger charge is 2.20. The molecule has 0 saturated carbocycles. The average Bonchev–Trinajstić information content (AvgIpc) is 3.42. The minimum absolute atomic E-state index is 0.139. The number of carbonyl (C=O) groups is 2. The van der Waals surface area contributed by atoms with Crippen molar-refractivity contribution in [3.8, 4) is 22.3 Å². The summed E-state index contributed by atoms with van der Waals surface area (Å²) in [7, 11) is 0. The maximum absolute atomic E-state index is 14.1. The van der Waals surface area contributed by atoms with E-state index in [0.29, 0.717) is 27.1 Å². The zero-order chi connectivity index (χ0) is 29.9. The number of H-pyrrole nitrogens is 1. The van der Waals surface area contributed by atoms with Gasteiger partial charge in [0.05, 0.1) is 16.6 Å². The summed E-state index contributed by atoms with van der Waals surface area (Å²) in [6.45, 7) is 0.139. The molecule has 0 aliphatic carbocycles. The summed E-state index contributed by atoms with van der Waals surface area (Å²) in [6, 6.07) is 30.7. The van der Waals surface area contributed by atoms with Crippen LogP contribution >= 0.6 is 11.8 Å². The molecule has 6 aromatic rings. The maximum atomic E-state index is 14.1. The molecule has 1 amide bonds. The van der Waals surface area contributed by atoms with E-state index >= 15 is 0 Å². The van der Waals surface area contributed by atoms with E-state index in [1.54, 1.807) is 24.3 Å². The van der Waals surface area contributed by atoms with E-state index in [-0.39, 0.29) is 23.2 Å². The lowest BCUT2D eigenvalue weighted by Gasteiger charge is -2.11. The van der Waals surface area contributed by atoms with Gasteiger partial charge < -0.3 is 10.4 Å². The molecular weight excluding hydrogens is 568 g/mol. The van der Waals surface area contributed by atoms with Crippen molar-refractivity contribution in [3.05, 3.63) is 138 Å². The first kappa shape index (κ1) is 27.9. The van der Waals surface area contributed by atoms with Crippen LogP contribution in [0, 0.1) is 11.6 Å². The van der Waals surface area contributed by atoms with Gasteiger partial charge in [-0.05, 0) is 76.3 Å². The molecule has 6 rings (SSSR count). The molecule has 9 heteroatoms. The highest BCUT2D eigenvalue weighted by molar-refractivity contribution is 7.99. The van der Waals surface area contributed by atoms with Crippen molar-refractivity contribution in [3.63, 3.8) is 0 Å². The lowest BCUT2D eigenvalue weighted by atomic mass is 9.99. The highest BCUT2D eigenvalue weighted by Crippen LogP contribution is 2.37. The Morgan fingerprint density at radius 3 is 2.09 bits per heavy atom. The number of nitrogens with zero attached hydrogens (tertiary/aromatic N) is 1. The number of halogens is 2. The first-order valence-corrected chi connectivity index (χ1v) is 14.1. The molecule has 0 fully saturated rings. The second-order valence-electron chi connectivity index (χ2n) is 9.81. The van der Waals surface area contributed by atoms with E-state index < -0.39 is 23.5 Å². The minimum atomic E-state index is -1.04. The van der Waals surface area contributed by atoms with Crippen LogP contribution in [0.3, 0.4) is 0 Å². The summed E-state index contributed by atoms with van der Waals surface area (Å²) in [6.07, 6.45) is 0. The Kier molecular flexibility index (Phi) is 7.72. The molecule has 212 valence electrons. The fraction of sp³-hybridized carbons (Fsp3) is 0.0294. The number of hydrogen-bond acceptors (Lipinski definition) is 4. The van der Waals surface area contributed by atoms with Crippen molar-refractivity contribution in [1.82, 2.24) is 15.5 Å². The van der Waals surface area contributed by atoms with E-state index in [1.807, 2.05) is 54.6 Å². The number of carboxylic acids is 1.